The molecule has 35 heavy (non-hydrogen) atoms. The summed E-state index contributed by atoms with van der Waals surface area (Å²) in [4.78, 5) is 26.6. The monoisotopic (exact) mass is 494 g/mol. The fourth-order valence-electron chi connectivity index (χ4n) is 3.26. The van der Waals surface area contributed by atoms with E-state index in [0.717, 1.165) is 11.1 Å². The molecule has 2 aromatic carbocycles. The van der Waals surface area contributed by atoms with Crippen molar-refractivity contribution < 1.29 is 19.1 Å². The number of carbonyl (C=O) groups excluding carboxylic acids is 2. The molecule has 1 aromatic heterocycles. The van der Waals surface area contributed by atoms with Crippen LogP contribution in [0.5, 0.6) is 5.75 Å². The molecule has 3 aromatic rings. The summed E-state index contributed by atoms with van der Waals surface area (Å²) in [5.74, 6) is 0.260. The van der Waals surface area contributed by atoms with Gasteiger partial charge in [0.2, 0.25) is 0 Å². The zero-order chi connectivity index (χ0) is 25.4. The van der Waals surface area contributed by atoms with E-state index < -0.39 is 11.9 Å². The standard InChI is InChI=1S/C26H27ClN4O4/c1-5-31(15-18-14-19(27)10-12-23(18)35-16-17(2)3)24-13-11-22(29-30-24)25(32)28-21-9-7-6-8-20(21)26(33)34-4/h6-14H,2,5,15-16H2,1,3-4H3,(H,28,32). The highest BCUT2D eigenvalue weighted by atomic mass is 35.5. The molecule has 0 bridgehead atoms. The molecule has 0 aliphatic heterocycles. The van der Waals surface area contributed by atoms with Gasteiger partial charge in [0.15, 0.2) is 11.5 Å². The number of esters is 1. The maximum atomic E-state index is 12.7. The Bertz CT molecular complexity index is 1210. The lowest BCUT2D eigenvalue weighted by Gasteiger charge is -2.23. The maximum Gasteiger partial charge on any atom is 0.339 e. The van der Waals surface area contributed by atoms with Gasteiger partial charge in [-0.2, -0.15) is 0 Å². The summed E-state index contributed by atoms with van der Waals surface area (Å²) in [6.07, 6.45) is 0. The van der Waals surface area contributed by atoms with Crippen molar-refractivity contribution in [2.75, 3.05) is 30.5 Å². The number of aromatic nitrogens is 2. The Morgan fingerprint density at radius 2 is 1.89 bits per heavy atom. The normalized spacial score (nSPS) is 10.4. The zero-order valence-corrected chi connectivity index (χ0v) is 20.6. The van der Waals surface area contributed by atoms with Gasteiger partial charge in [0.25, 0.3) is 5.91 Å². The minimum absolute atomic E-state index is 0.109. The lowest BCUT2D eigenvalue weighted by molar-refractivity contribution is 0.0602. The molecule has 0 saturated heterocycles. The second kappa shape index (κ2) is 12.0. The molecule has 9 heteroatoms. The third kappa shape index (κ3) is 6.80. The molecule has 0 spiro atoms. The minimum Gasteiger partial charge on any atom is -0.489 e. The summed E-state index contributed by atoms with van der Waals surface area (Å²) < 4.78 is 10.6. The Morgan fingerprint density at radius 1 is 1.11 bits per heavy atom. The quantitative estimate of drug-likeness (QED) is 0.307. The molecule has 3 rings (SSSR count). The summed E-state index contributed by atoms with van der Waals surface area (Å²) in [5.41, 5.74) is 2.48. The number of halogens is 1. The summed E-state index contributed by atoms with van der Waals surface area (Å²) in [6, 6.07) is 15.3. The molecule has 0 saturated carbocycles. The lowest BCUT2D eigenvalue weighted by Crippen LogP contribution is -2.24. The number of hydrogen-bond donors (Lipinski definition) is 1. The number of anilines is 2. The number of para-hydroxylation sites is 1. The molecule has 0 fully saturated rings. The first kappa shape index (κ1) is 25.7. The molecule has 0 atom stereocenters. The first-order chi connectivity index (χ1) is 16.8. The molecular formula is C26H27ClN4O4. The second-order valence-corrected chi connectivity index (χ2v) is 8.22. The maximum absolute atomic E-state index is 12.7. The molecule has 0 aliphatic rings. The third-order valence-corrected chi connectivity index (χ3v) is 5.26. The Labute approximate surface area is 209 Å². The van der Waals surface area contributed by atoms with Crippen LogP contribution in [0.3, 0.4) is 0 Å². The molecule has 8 nitrogen and oxygen atoms in total. The van der Waals surface area contributed by atoms with E-state index in [1.165, 1.54) is 7.11 Å². The van der Waals surface area contributed by atoms with Crippen molar-refractivity contribution in [2.45, 2.75) is 20.4 Å². The van der Waals surface area contributed by atoms with Gasteiger partial charge in [-0.3, -0.25) is 4.79 Å². The highest BCUT2D eigenvalue weighted by Crippen LogP contribution is 2.26. The fraction of sp³-hybridized carbons (Fsp3) is 0.231. The van der Waals surface area contributed by atoms with Crippen LogP contribution in [-0.2, 0) is 11.3 Å². The summed E-state index contributed by atoms with van der Waals surface area (Å²) in [7, 11) is 1.28. The van der Waals surface area contributed by atoms with E-state index in [4.69, 9.17) is 21.1 Å². The van der Waals surface area contributed by atoms with E-state index in [0.29, 0.717) is 42.0 Å². The van der Waals surface area contributed by atoms with Crippen LogP contribution < -0.4 is 15.0 Å². The van der Waals surface area contributed by atoms with Crippen molar-refractivity contribution in [2.24, 2.45) is 0 Å². The number of nitrogens with one attached hydrogen (secondary N) is 1. The first-order valence-electron chi connectivity index (χ1n) is 10.9. The first-order valence-corrected chi connectivity index (χ1v) is 11.3. The van der Waals surface area contributed by atoms with Gasteiger partial charge in [-0.1, -0.05) is 30.3 Å². The SMILES string of the molecule is C=C(C)COc1ccc(Cl)cc1CN(CC)c1ccc(C(=O)Nc2ccccc2C(=O)OC)nn1. The Balaban J connectivity index is 1.76. The van der Waals surface area contributed by atoms with E-state index in [-0.39, 0.29) is 11.3 Å². The molecule has 1 heterocycles. The number of benzene rings is 2. The Kier molecular flexibility index (Phi) is 8.80. The topological polar surface area (TPSA) is 93.7 Å². The van der Waals surface area contributed by atoms with Crippen molar-refractivity contribution in [3.8, 4) is 5.75 Å². The van der Waals surface area contributed by atoms with Crippen molar-refractivity contribution in [1.29, 1.82) is 0 Å². The van der Waals surface area contributed by atoms with Gasteiger partial charge in [-0.05, 0) is 61.9 Å². The molecule has 182 valence electrons. The van der Waals surface area contributed by atoms with E-state index >= 15 is 0 Å². The van der Waals surface area contributed by atoms with Crippen LogP contribution in [0.25, 0.3) is 0 Å². The summed E-state index contributed by atoms with van der Waals surface area (Å²) >= 11 is 6.22. The smallest absolute Gasteiger partial charge is 0.339 e. The highest BCUT2D eigenvalue weighted by Gasteiger charge is 2.17. The molecule has 0 unspecified atom stereocenters. The highest BCUT2D eigenvalue weighted by molar-refractivity contribution is 6.30. The van der Waals surface area contributed by atoms with Crippen LogP contribution in [0.2, 0.25) is 5.02 Å². The number of nitrogens with zero attached hydrogens (tertiary/aromatic N) is 3. The van der Waals surface area contributed by atoms with Crippen molar-refractivity contribution in [3.63, 3.8) is 0 Å². The van der Waals surface area contributed by atoms with Crippen LogP contribution >= 0.6 is 11.6 Å². The van der Waals surface area contributed by atoms with E-state index in [1.807, 2.05) is 30.9 Å². The molecule has 0 radical (unpaired) electrons. The van der Waals surface area contributed by atoms with Gasteiger partial charge in [-0.25, -0.2) is 4.79 Å². The number of hydrogen-bond acceptors (Lipinski definition) is 7. The van der Waals surface area contributed by atoms with Gasteiger partial charge < -0.3 is 19.7 Å². The summed E-state index contributed by atoms with van der Waals surface area (Å²) in [6.45, 7) is 9.29. The third-order valence-electron chi connectivity index (χ3n) is 5.03. The second-order valence-electron chi connectivity index (χ2n) is 7.78. The number of amides is 1. The number of ether oxygens (including phenoxy) is 2. The van der Waals surface area contributed by atoms with Gasteiger partial charge in [0.1, 0.15) is 12.4 Å². The van der Waals surface area contributed by atoms with Crippen LogP contribution in [0.15, 0.2) is 66.7 Å². The van der Waals surface area contributed by atoms with E-state index in [9.17, 15) is 9.59 Å². The Morgan fingerprint density at radius 3 is 2.54 bits per heavy atom. The molecular weight excluding hydrogens is 468 g/mol. The number of methoxy groups -OCH3 is 1. The predicted octanol–water partition coefficient (Wildman–Crippen LogP) is 5.15. The van der Waals surface area contributed by atoms with E-state index in [1.54, 1.807) is 42.5 Å². The molecule has 0 aliphatic carbocycles. The molecule has 1 amide bonds. The van der Waals surface area contributed by atoms with Crippen LogP contribution in [0.4, 0.5) is 11.5 Å². The van der Waals surface area contributed by atoms with Gasteiger partial charge >= 0.3 is 5.97 Å². The average molecular weight is 495 g/mol. The van der Waals surface area contributed by atoms with Crippen LogP contribution in [0.1, 0.15) is 40.3 Å². The fourth-order valence-corrected chi connectivity index (χ4v) is 3.45. The largest absolute Gasteiger partial charge is 0.489 e. The average Bonchev–Trinajstić information content (AvgIpc) is 2.86. The lowest BCUT2D eigenvalue weighted by atomic mass is 10.1. The Hall–Kier alpha value is -3.91. The van der Waals surface area contributed by atoms with Crippen molar-refractivity contribution in [3.05, 3.63) is 88.6 Å². The van der Waals surface area contributed by atoms with Gasteiger partial charge in [-0.15, -0.1) is 10.2 Å². The van der Waals surface area contributed by atoms with Gasteiger partial charge in [0, 0.05) is 23.7 Å². The number of carbonyl (C=O) groups is 2. The molecule has 1 N–H and O–H groups in total. The minimum atomic E-state index is -0.548. The van der Waals surface area contributed by atoms with Crippen molar-refractivity contribution in [1.82, 2.24) is 10.2 Å². The van der Waals surface area contributed by atoms with Crippen LogP contribution in [0, 0.1) is 0 Å². The van der Waals surface area contributed by atoms with Crippen molar-refractivity contribution >= 4 is 35.0 Å². The zero-order valence-electron chi connectivity index (χ0n) is 19.9. The van der Waals surface area contributed by atoms with Crippen LogP contribution in [-0.4, -0.2) is 42.3 Å². The van der Waals surface area contributed by atoms with E-state index in [2.05, 4.69) is 22.1 Å². The predicted molar refractivity (Wildman–Crippen MR) is 136 cm³/mol. The summed E-state index contributed by atoms with van der Waals surface area (Å²) in [5, 5.41) is 11.6. The number of rotatable bonds is 10. The van der Waals surface area contributed by atoms with Gasteiger partial charge in [0.05, 0.1) is 18.4 Å².